The van der Waals surface area contributed by atoms with Gasteiger partial charge >= 0.3 is 0 Å². The van der Waals surface area contributed by atoms with Gasteiger partial charge in [0.05, 0.1) is 13.2 Å². The molecule has 1 aliphatic carbocycles. The lowest BCUT2D eigenvalue weighted by molar-refractivity contribution is -0.122. The molecule has 0 radical (unpaired) electrons. The van der Waals surface area contributed by atoms with Crippen LogP contribution in [0.15, 0.2) is 24.3 Å². The van der Waals surface area contributed by atoms with Crippen molar-refractivity contribution in [3.8, 4) is 5.75 Å². The largest absolute Gasteiger partial charge is 0.497 e. The van der Waals surface area contributed by atoms with Crippen LogP contribution < -0.4 is 15.4 Å². The Morgan fingerprint density at radius 2 is 2.05 bits per heavy atom. The second-order valence-corrected chi connectivity index (χ2v) is 5.36. The molecule has 1 aromatic carbocycles. The third kappa shape index (κ3) is 4.23. The summed E-state index contributed by atoms with van der Waals surface area (Å²) in [7, 11) is 3.57. The zero-order valence-corrected chi connectivity index (χ0v) is 12.3. The van der Waals surface area contributed by atoms with Gasteiger partial charge in [-0.3, -0.25) is 4.79 Å². The van der Waals surface area contributed by atoms with Gasteiger partial charge in [0.1, 0.15) is 5.75 Å². The van der Waals surface area contributed by atoms with E-state index in [-0.39, 0.29) is 11.9 Å². The molecule has 2 N–H and O–H groups in total. The minimum absolute atomic E-state index is 0.146. The van der Waals surface area contributed by atoms with Gasteiger partial charge in [-0.15, -0.1) is 0 Å². The Bertz CT molecular complexity index is 427. The summed E-state index contributed by atoms with van der Waals surface area (Å²) in [6.45, 7) is 0.879. The van der Waals surface area contributed by atoms with Crippen LogP contribution in [0.3, 0.4) is 0 Å². The van der Waals surface area contributed by atoms with E-state index in [0.29, 0.717) is 12.3 Å². The zero-order valence-electron chi connectivity index (χ0n) is 12.3. The molecule has 4 nitrogen and oxygen atoms in total. The fourth-order valence-electron chi connectivity index (χ4n) is 2.39. The van der Waals surface area contributed by atoms with E-state index < -0.39 is 0 Å². The van der Waals surface area contributed by atoms with Gasteiger partial charge in [0, 0.05) is 6.42 Å². The third-order valence-corrected chi connectivity index (χ3v) is 3.72. The summed E-state index contributed by atoms with van der Waals surface area (Å²) in [5.41, 5.74) is 1.18. The second-order valence-electron chi connectivity index (χ2n) is 5.36. The van der Waals surface area contributed by atoms with E-state index in [1.54, 1.807) is 7.11 Å². The van der Waals surface area contributed by atoms with Crippen LogP contribution in [0, 0.1) is 5.92 Å². The first-order valence-corrected chi connectivity index (χ1v) is 7.32. The second kappa shape index (κ2) is 7.29. The lowest BCUT2D eigenvalue weighted by Crippen LogP contribution is -2.30. The van der Waals surface area contributed by atoms with E-state index in [1.165, 1.54) is 18.4 Å². The summed E-state index contributed by atoms with van der Waals surface area (Å²) in [4.78, 5) is 12.0. The molecule has 1 aromatic rings. The van der Waals surface area contributed by atoms with Crippen molar-refractivity contribution in [2.45, 2.75) is 31.7 Å². The van der Waals surface area contributed by atoms with Crippen molar-refractivity contribution < 1.29 is 9.53 Å². The maximum Gasteiger partial charge on any atom is 0.220 e. The smallest absolute Gasteiger partial charge is 0.220 e. The molecule has 0 heterocycles. The Morgan fingerprint density at radius 1 is 1.35 bits per heavy atom. The van der Waals surface area contributed by atoms with Gasteiger partial charge in [-0.05, 0) is 56.5 Å². The maximum atomic E-state index is 12.0. The first kappa shape index (κ1) is 14.9. The molecule has 1 saturated carbocycles. The quantitative estimate of drug-likeness (QED) is 0.716. The van der Waals surface area contributed by atoms with Crippen molar-refractivity contribution in [3.05, 3.63) is 29.8 Å². The first-order chi connectivity index (χ1) is 9.74. The third-order valence-electron chi connectivity index (χ3n) is 3.72. The van der Waals surface area contributed by atoms with Gasteiger partial charge in [0.2, 0.25) is 5.91 Å². The van der Waals surface area contributed by atoms with E-state index in [4.69, 9.17) is 4.74 Å². The average Bonchev–Trinajstić information content (AvgIpc) is 3.30. The molecule has 110 valence electrons. The first-order valence-electron chi connectivity index (χ1n) is 7.32. The number of rotatable bonds is 8. The summed E-state index contributed by atoms with van der Waals surface area (Å²) in [6, 6.07) is 8.17. The SMILES string of the molecule is CNCCCC(=O)NC(c1ccc(OC)cc1)C1CC1. The number of carbonyl (C=O) groups is 1. The molecule has 1 aliphatic rings. The minimum atomic E-state index is 0.146. The molecule has 1 fully saturated rings. The van der Waals surface area contributed by atoms with Crippen LogP contribution in [0.1, 0.15) is 37.3 Å². The lowest BCUT2D eigenvalue weighted by atomic mass is 10.0. The van der Waals surface area contributed by atoms with E-state index in [0.717, 1.165) is 18.7 Å². The monoisotopic (exact) mass is 276 g/mol. The predicted molar refractivity (Wildman–Crippen MR) is 79.8 cm³/mol. The number of carbonyl (C=O) groups excluding carboxylic acids is 1. The van der Waals surface area contributed by atoms with Gasteiger partial charge in [-0.1, -0.05) is 12.1 Å². The molecule has 1 amide bonds. The van der Waals surface area contributed by atoms with Crippen molar-refractivity contribution in [1.29, 1.82) is 0 Å². The molecule has 0 aliphatic heterocycles. The minimum Gasteiger partial charge on any atom is -0.497 e. The summed E-state index contributed by atoms with van der Waals surface area (Å²) in [5, 5.41) is 6.25. The van der Waals surface area contributed by atoms with Crippen molar-refractivity contribution in [2.24, 2.45) is 5.92 Å². The van der Waals surface area contributed by atoms with E-state index >= 15 is 0 Å². The zero-order chi connectivity index (χ0) is 14.4. The Morgan fingerprint density at radius 3 is 2.60 bits per heavy atom. The Balaban J connectivity index is 1.94. The van der Waals surface area contributed by atoms with Crippen LogP contribution in [-0.2, 0) is 4.79 Å². The van der Waals surface area contributed by atoms with Crippen LogP contribution in [-0.4, -0.2) is 26.6 Å². The molecule has 0 spiro atoms. The van der Waals surface area contributed by atoms with Crippen LogP contribution in [0.2, 0.25) is 0 Å². The van der Waals surface area contributed by atoms with E-state index in [1.807, 2.05) is 19.2 Å². The molecule has 2 rings (SSSR count). The molecule has 0 saturated heterocycles. The highest BCUT2D eigenvalue weighted by Crippen LogP contribution is 2.41. The van der Waals surface area contributed by atoms with Crippen molar-refractivity contribution >= 4 is 5.91 Å². The number of benzene rings is 1. The number of nitrogens with one attached hydrogen (secondary N) is 2. The van der Waals surface area contributed by atoms with Crippen molar-refractivity contribution in [2.75, 3.05) is 20.7 Å². The van der Waals surface area contributed by atoms with Gasteiger partial charge in [-0.2, -0.15) is 0 Å². The highest BCUT2D eigenvalue weighted by Gasteiger charge is 2.33. The Kier molecular flexibility index (Phi) is 5.41. The number of methoxy groups -OCH3 is 1. The van der Waals surface area contributed by atoms with Gasteiger partial charge in [0.15, 0.2) is 0 Å². The van der Waals surface area contributed by atoms with Gasteiger partial charge < -0.3 is 15.4 Å². The number of hydrogen-bond acceptors (Lipinski definition) is 3. The maximum absolute atomic E-state index is 12.0. The summed E-state index contributed by atoms with van der Waals surface area (Å²) >= 11 is 0. The summed E-state index contributed by atoms with van der Waals surface area (Å²) in [5.74, 6) is 1.59. The molecule has 4 heteroatoms. The van der Waals surface area contributed by atoms with Crippen molar-refractivity contribution in [3.63, 3.8) is 0 Å². The highest BCUT2D eigenvalue weighted by atomic mass is 16.5. The molecular formula is C16H24N2O2. The highest BCUT2D eigenvalue weighted by molar-refractivity contribution is 5.76. The molecule has 0 bridgehead atoms. The molecule has 20 heavy (non-hydrogen) atoms. The standard InChI is InChI=1S/C16H24N2O2/c1-17-11-3-4-15(19)18-16(12-5-6-12)13-7-9-14(20-2)10-8-13/h7-10,12,16-17H,3-6,11H2,1-2H3,(H,18,19). The van der Waals surface area contributed by atoms with E-state index in [9.17, 15) is 4.79 Å². The van der Waals surface area contributed by atoms with Crippen LogP contribution in [0.5, 0.6) is 5.75 Å². The topological polar surface area (TPSA) is 50.4 Å². The molecule has 1 atom stereocenters. The average molecular weight is 276 g/mol. The van der Waals surface area contributed by atoms with Gasteiger partial charge in [-0.25, -0.2) is 0 Å². The van der Waals surface area contributed by atoms with E-state index in [2.05, 4.69) is 22.8 Å². The summed E-state index contributed by atoms with van der Waals surface area (Å²) in [6.07, 6.45) is 3.86. The van der Waals surface area contributed by atoms with Crippen LogP contribution in [0.25, 0.3) is 0 Å². The summed E-state index contributed by atoms with van der Waals surface area (Å²) < 4.78 is 5.18. The number of hydrogen-bond donors (Lipinski definition) is 2. The molecule has 0 aromatic heterocycles. The number of ether oxygens (including phenoxy) is 1. The van der Waals surface area contributed by atoms with Gasteiger partial charge in [0.25, 0.3) is 0 Å². The Labute approximate surface area is 120 Å². The Hall–Kier alpha value is -1.55. The molecular weight excluding hydrogens is 252 g/mol. The normalized spacial score (nSPS) is 15.7. The van der Waals surface area contributed by atoms with Crippen LogP contribution >= 0.6 is 0 Å². The van der Waals surface area contributed by atoms with Crippen molar-refractivity contribution in [1.82, 2.24) is 10.6 Å². The van der Waals surface area contributed by atoms with Crippen LogP contribution in [0.4, 0.5) is 0 Å². The fraction of sp³-hybridized carbons (Fsp3) is 0.562. The predicted octanol–water partition coefficient (Wildman–Crippen LogP) is 2.26. The lowest BCUT2D eigenvalue weighted by Gasteiger charge is -2.19. The molecule has 1 unspecified atom stereocenters. The number of amides is 1. The fourth-order valence-corrected chi connectivity index (χ4v) is 2.39.